The first-order valence-electron chi connectivity index (χ1n) is 47.5. The summed E-state index contributed by atoms with van der Waals surface area (Å²) in [5.74, 6) is -5.55. The summed E-state index contributed by atoms with van der Waals surface area (Å²) in [7, 11) is 0. The summed E-state index contributed by atoms with van der Waals surface area (Å²) in [6, 6.07) is 60.1. The van der Waals surface area contributed by atoms with E-state index < -0.39 is 108 Å². The van der Waals surface area contributed by atoms with E-state index in [-0.39, 0.29) is 118 Å². The molecule has 37 heteroatoms. The number of aromatic nitrogens is 5. The zero-order valence-corrected chi connectivity index (χ0v) is 79.2. The monoisotopic (exact) mass is 2000 g/mol. The Balaban J connectivity index is 0.000000131. The largest absolute Gasteiger partial charge is 0.416 e. The summed E-state index contributed by atoms with van der Waals surface area (Å²) in [5.41, 5.74) is 17.9. The third-order valence-corrected chi connectivity index (χ3v) is 26.3. The number of nitrogens with one attached hydrogen (secondary N) is 15. The van der Waals surface area contributed by atoms with Gasteiger partial charge in [-0.25, -0.2) is 17.6 Å². The van der Waals surface area contributed by atoms with E-state index in [2.05, 4.69) is 102 Å². The normalized spacial score (nSPS) is 18.9. The van der Waals surface area contributed by atoms with Crippen molar-refractivity contribution in [2.24, 2.45) is 0 Å². The van der Waals surface area contributed by atoms with E-state index in [4.69, 9.17) is 0 Å². The summed E-state index contributed by atoms with van der Waals surface area (Å²) in [4.78, 5) is 137. The first-order chi connectivity index (χ1) is 70.1. The molecule has 5 fully saturated rings. The Bertz CT molecular complexity index is 7250. The highest BCUT2D eigenvalue weighted by Crippen LogP contribution is 2.40. The van der Waals surface area contributed by atoms with Gasteiger partial charge in [0.15, 0.2) is 0 Å². The lowest BCUT2D eigenvalue weighted by Crippen LogP contribution is -2.45. The number of H-pyrrole nitrogens is 5. The van der Waals surface area contributed by atoms with E-state index in [0.29, 0.717) is 64.9 Å². The zero-order valence-electron chi connectivity index (χ0n) is 79.2. The maximum absolute atomic E-state index is 14.1. The SMILES string of the molecule is Cc1cc(-c2[nH]c3ccccc3c2CCC(=O)N[C@@H]2C(=O)NC[C@H]2O)ccc1F.Cc1ccc(-c2[nH]c3ccccc3c2CCC(=O)N[C@@H]2C(=O)NC[C@H]2O)cc1.Cc1ccc(-c2[nH]c3ccccc3c2CCC(=O)N[C@@H]2C(=O)NC[C@H]2O)cc1F.O=C(CCc1c(-c2cc(F)cc(F)c2)[nH]c2ccccc12)N[C@@H]1C(=O)NC[C@H]1O.O=C(CCc1c(-c2ccc(C(F)(F)F)cc2)[nH]c2ccccc12)N[C@@H]1C(=O)NC[C@H]1O. The summed E-state index contributed by atoms with van der Waals surface area (Å²) < 4.78 is 94.0. The van der Waals surface area contributed by atoms with Crippen molar-refractivity contribution in [1.82, 2.24) is 78.1 Å². The van der Waals surface area contributed by atoms with Gasteiger partial charge >= 0.3 is 6.18 Å². The second-order valence-electron chi connectivity index (χ2n) is 36.4. The highest BCUT2D eigenvalue weighted by atomic mass is 19.4. The van der Waals surface area contributed by atoms with Gasteiger partial charge in [0.1, 0.15) is 84.0 Å². The lowest BCUT2D eigenvalue weighted by molar-refractivity contribution is -0.137. The minimum atomic E-state index is -4.42. The molecule has 15 aromatic rings. The van der Waals surface area contributed by atoms with Crippen molar-refractivity contribution in [2.75, 3.05) is 32.7 Å². The molecular formula is C109H106F7N15O15. The van der Waals surface area contributed by atoms with Gasteiger partial charge in [-0.15, -0.1) is 0 Å². The molecule has 5 aliphatic heterocycles. The summed E-state index contributed by atoms with van der Waals surface area (Å²) in [5, 5.41) is 79.2. The molecule has 10 amide bonds. The van der Waals surface area contributed by atoms with Gasteiger partial charge in [0.05, 0.1) is 5.56 Å². The van der Waals surface area contributed by atoms with Gasteiger partial charge in [-0.2, -0.15) is 13.2 Å². The fourth-order valence-electron chi connectivity index (χ4n) is 18.6. The maximum atomic E-state index is 14.1. The van der Waals surface area contributed by atoms with Gasteiger partial charge in [0.2, 0.25) is 59.1 Å². The molecule has 0 bridgehead atoms. The second-order valence-corrected chi connectivity index (χ2v) is 36.4. The summed E-state index contributed by atoms with van der Waals surface area (Å²) in [6.07, 6.45) is -6.51. The lowest BCUT2D eigenvalue weighted by Gasteiger charge is -2.14. The van der Waals surface area contributed by atoms with Crippen LogP contribution >= 0.6 is 0 Å². The summed E-state index contributed by atoms with van der Waals surface area (Å²) in [6.45, 7) is 6.11. The van der Waals surface area contributed by atoms with Crippen LogP contribution in [-0.4, -0.2) is 203 Å². The molecular weight excluding hydrogens is 1890 g/mol. The molecule has 5 saturated heterocycles. The van der Waals surface area contributed by atoms with E-state index in [1.807, 2.05) is 134 Å². The third-order valence-electron chi connectivity index (χ3n) is 26.3. The van der Waals surface area contributed by atoms with Crippen molar-refractivity contribution in [1.29, 1.82) is 0 Å². The lowest BCUT2D eigenvalue weighted by atomic mass is 9.99. The van der Waals surface area contributed by atoms with Gasteiger partial charge < -0.3 is 104 Å². The number of carbonyl (C=O) groups excluding carboxylic acids is 10. The highest BCUT2D eigenvalue weighted by molar-refractivity contribution is 5.99. The van der Waals surface area contributed by atoms with Gasteiger partial charge in [0, 0.05) is 165 Å². The number of aryl methyl sites for hydroxylation is 8. The minimum Gasteiger partial charge on any atom is -0.389 e. The van der Waals surface area contributed by atoms with E-state index in [0.717, 1.165) is 129 Å². The van der Waals surface area contributed by atoms with Crippen molar-refractivity contribution in [3.8, 4) is 56.3 Å². The number of fused-ring (bicyclic) bond motifs is 5. The Labute approximate surface area is 830 Å². The predicted molar refractivity (Wildman–Crippen MR) is 534 cm³/mol. The van der Waals surface area contributed by atoms with Crippen molar-refractivity contribution in [3.63, 3.8) is 0 Å². The van der Waals surface area contributed by atoms with Gasteiger partial charge in [-0.1, -0.05) is 145 Å². The van der Waals surface area contributed by atoms with E-state index in [1.54, 1.807) is 32.0 Å². The van der Waals surface area contributed by atoms with Crippen molar-refractivity contribution in [3.05, 3.63) is 298 Å². The molecule has 146 heavy (non-hydrogen) atoms. The second kappa shape index (κ2) is 45.2. The molecule has 20 rings (SSSR count). The number of hydrogen-bond acceptors (Lipinski definition) is 15. The van der Waals surface area contributed by atoms with E-state index in [9.17, 15) is 104 Å². The molecule has 0 unspecified atom stereocenters. The molecule has 0 radical (unpaired) electrons. The number of aliphatic hydroxyl groups is 5. The number of aromatic amines is 5. The molecule has 30 nitrogen and oxygen atoms in total. The topological polar surface area (TPSA) is 471 Å². The smallest absolute Gasteiger partial charge is 0.389 e. The Kier molecular flexibility index (Phi) is 31.9. The van der Waals surface area contributed by atoms with Crippen LogP contribution in [0.15, 0.2) is 224 Å². The molecule has 5 aliphatic rings. The van der Waals surface area contributed by atoms with Crippen molar-refractivity contribution >= 4 is 114 Å². The number of rotatable bonds is 25. The number of para-hydroxylation sites is 5. The van der Waals surface area contributed by atoms with Crippen LogP contribution in [0.4, 0.5) is 30.7 Å². The Morgan fingerprint density at radius 1 is 0.295 bits per heavy atom. The van der Waals surface area contributed by atoms with Crippen LogP contribution < -0.4 is 53.2 Å². The maximum Gasteiger partial charge on any atom is 0.416 e. The molecule has 5 aromatic heterocycles. The number of alkyl halides is 3. The van der Waals surface area contributed by atoms with Gasteiger partial charge in [-0.05, 0) is 187 Å². The molecule has 10 heterocycles. The van der Waals surface area contributed by atoms with Crippen LogP contribution in [0.1, 0.15) is 82.2 Å². The van der Waals surface area contributed by atoms with Crippen LogP contribution in [0.5, 0.6) is 0 Å². The number of halogens is 7. The molecule has 0 spiro atoms. The molecule has 0 saturated carbocycles. The molecule has 10 atom stereocenters. The molecule has 10 aromatic carbocycles. The average Bonchev–Trinajstić information content (AvgIpc) is 1.64. The molecule has 0 aliphatic carbocycles. The van der Waals surface area contributed by atoms with Crippen molar-refractivity contribution < 1.29 is 104 Å². The number of amides is 10. The molecule has 756 valence electrons. The minimum absolute atomic E-state index is 0.0448. The fourth-order valence-corrected chi connectivity index (χ4v) is 18.6. The number of hydrogen-bond donors (Lipinski definition) is 20. The first kappa shape index (κ1) is 103. The first-order valence-corrected chi connectivity index (χ1v) is 47.5. The standard InChI is InChI=1S/C22H20F3N3O3.2C22H22FN3O3.C22H23N3O3.C21H19F2N3O3/c23-22(24,25)13-7-5-12(6-8-13)19-15(14-3-1-2-4-16(14)27-19)9-10-18(30)28-20-17(29)11-26-21(20)31;1-12-10-13(6-8-16(12)23)20-15(14-4-2-3-5-17(14)25-20)7-9-19(28)26-21-18(27)11-24-22(21)29;1-12-6-7-13(10-16(12)23)20-15(14-4-2-3-5-17(14)25-20)8-9-19(28)26-21-18(27)11-24-22(21)29;1-13-6-8-14(9-7-13)20-16(15-4-2-3-5-17(15)24-20)10-11-19(27)25-21-18(26)12-23-22(21)28;22-12-7-11(8-13(23)9-12)19-15(14-3-1-2-4-16(14)25-19)5-6-18(28)26-20-17(27)10-24-21(20)29/h1-8,17,20,27,29H,9-11H2,(H,26,31)(H,28,30);2-6,8,10,18,21,25,27H,7,9,11H2,1H3,(H,24,29)(H,26,28);2-7,10,18,21,25,27H,8-9,11H2,1H3,(H,24,29)(H,26,28);2-9,18,21,24,26H,10-12H2,1H3,(H,23,28)(H,25,27);1-4,7-9,17,20,25,27H,5-6,10H2,(H,24,29)(H,26,28)/t17-,20+;3*18-,21+;17-,20+/m11111/s1. The number of benzene rings is 10. The third kappa shape index (κ3) is 24.0. The van der Waals surface area contributed by atoms with Crippen LogP contribution in [0.3, 0.4) is 0 Å². The Morgan fingerprint density at radius 3 is 0.815 bits per heavy atom. The quantitative estimate of drug-likeness (QED) is 0.0236. The zero-order chi connectivity index (χ0) is 103. The molecule has 20 N–H and O–H groups in total. The Hall–Kier alpha value is -16.1. The van der Waals surface area contributed by atoms with E-state index >= 15 is 0 Å². The van der Waals surface area contributed by atoms with Crippen LogP contribution in [-0.2, 0) is 86.2 Å². The van der Waals surface area contributed by atoms with Crippen LogP contribution in [0.2, 0.25) is 0 Å². The van der Waals surface area contributed by atoms with Crippen LogP contribution in [0, 0.1) is 44.0 Å². The highest BCUT2D eigenvalue weighted by Gasteiger charge is 2.40. The Morgan fingerprint density at radius 2 is 0.548 bits per heavy atom. The van der Waals surface area contributed by atoms with Crippen molar-refractivity contribution in [2.45, 2.75) is 152 Å². The number of aliphatic hydroxyl groups excluding tert-OH is 5. The average molecular weight is 2000 g/mol. The fraction of sp³-hybridized carbons (Fsp3) is 0.266. The number of β-amino-alcohol motifs (C(OH)–C–C–N with tert-alkyl or cyclic N) is 5. The summed E-state index contributed by atoms with van der Waals surface area (Å²) >= 11 is 0. The number of carbonyl (C=O) groups is 10. The van der Waals surface area contributed by atoms with Crippen LogP contribution in [0.25, 0.3) is 111 Å². The van der Waals surface area contributed by atoms with Gasteiger partial charge in [0.25, 0.3) is 0 Å². The van der Waals surface area contributed by atoms with Gasteiger partial charge in [-0.3, -0.25) is 47.9 Å². The van der Waals surface area contributed by atoms with E-state index in [1.165, 1.54) is 42.0 Å². The predicted octanol–water partition coefficient (Wildman–Crippen LogP) is 11.2.